The molecule has 1 fully saturated rings. The third-order valence-electron chi connectivity index (χ3n) is 2.12. The van der Waals surface area contributed by atoms with E-state index in [0.717, 1.165) is 19.4 Å². The van der Waals surface area contributed by atoms with E-state index >= 15 is 0 Å². The SMILES string of the molecule is CC(C)OP(=O)(OCC1CCCO1)OC(C)C. The van der Waals surface area contributed by atoms with Gasteiger partial charge in [-0.15, -0.1) is 0 Å². The molecule has 1 rings (SSSR count). The summed E-state index contributed by atoms with van der Waals surface area (Å²) in [5.74, 6) is 0. The van der Waals surface area contributed by atoms with Crippen LogP contribution in [0.2, 0.25) is 0 Å². The van der Waals surface area contributed by atoms with Crippen LogP contribution >= 0.6 is 7.82 Å². The van der Waals surface area contributed by atoms with Crippen molar-refractivity contribution in [2.24, 2.45) is 0 Å². The second-order valence-corrected chi connectivity index (χ2v) is 6.26. The van der Waals surface area contributed by atoms with Gasteiger partial charge < -0.3 is 4.74 Å². The van der Waals surface area contributed by atoms with Crippen molar-refractivity contribution < 1.29 is 22.9 Å². The van der Waals surface area contributed by atoms with Crippen LogP contribution in [-0.4, -0.2) is 31.5 Å². The highest BCUT2D eigenvalue weighted by Gasteiger charge is 2.31. The van der Waals surface area contributed by atoms with E-state index in [1.165, 1.54) is 0 Å². The molecule has 17 heavy (non-hydrogen) atoms. The van der Waals surface area contributed by atoms with Gasteiger partial charge in [-0.05, 0) is 40.5 Å². The zero-order valence-electron chi connectivity index (χ0n) is 11.0. The van der Waals surface area contributed by atoms with Crippen LogP contribution in [0.5, 0.6) is 0 Å². The Hall–Kier alpha value is 0.0700. The molecule has 0 radical (unpaired) electrons. The maximum Gasteiger partial charge on any atom is 0.475 e. The molecule has 0 aromatic rings. The van der Waals surface area contributed by atoms with Crippen LogP contribution in [0.3, 0.4) is 0 Å². The van der Waals surface area contributed by atoms with Gasteiger partial charge in [-0.2, -0.15) is 0 Å². The zero-order valence-corrected chi connectivity index (χ0v) is 11.9. The largest absolute Gasteiger partial charge is 0.475 e. The summed E-state index contributed by atoms with van der Waals surface area (Å²) >= 11 is 0. The quantitative estimate of drug-likeness (QED) is 0.662. The Bertz CT molecular complexity index is 247. The van der Waals surface area contributed by atoms with Crippen molar-refractivity contribution in [3.8, 4) is 0 Å². The molecule has 1 aliphatic heterocycles. The molecule has 0 bridgehead atoms. The van der Waals surface area contributed by atoms with Crippen LogP contribution < -0.4 is 0 Å². The van der Waals surface area contributed by atoms with Crippen molar-refractivity contribution in [2.75, 3.05) is 13.2 Å². The molecule has 1 unspecified atom stereocenters. The molecule has 6 heteroatoms. The summed E-state index contributed by atoms with van der Waals surface area (Å²) in [7, 11) is -3.46. The number of hydrogen-bond acceptors (Lipinski definition) is 5. The molecule has 102 valence electrons. The Morgan fingerprint density at radius 2 is 1.82 bits per heavy atom. The van der Waals surface area contributed by atoms with Crippen LogP contribution in [-0.2, 0) is 22.9 Å². The van der Waals surface area contributed by atoms with Gasteiger partial charge in [-0.1, -0.05) is 0 Å². The van der Waals surface area contributed by atoms with Crippen LogP contribution in [0.15, 0.2) is 0 Å². The summed E-state index contributed by atoms with van der Waals surface area (Å²) in [6.45, 7) is 8.19. The predicted molar refractivity (Wildman–Crippen MR) is 65.0 cm³/mol. The van der Waals surface area contributed by atoms with Crippen LogP contribution in [0.4, 0.5) is 0 Å². The molecule has 0 spiro atoms. The minimum absolute atomic E-state index is 0.00912. The molecule has 5 nitrogen and oxygen atoms in total. The second kappa shape index (κ2) is 6.86. The van der Waals surface area contributed by atoms with Crippen LogP contribution in [0.1, 0.15) is 40.5 Å². The lowest BCUT2D eigenvalue weighted by molar-refractivity contribution is 0.0256. The maximum absolute atomic E-state index is 12.3. The fourth-order valence-electron chi connectivity index (χ4n) is 1.55. The number of hydrogen-bond donors (Lipinski definition) is 0. The van der Waals surface area contributed by atoms with Crippen molar-refractivity contribution in [3.63, 3.8) is 0 Å². The summed E-state index contributed by atoms with van der Waals surface area (Å²) in [4.78, 5) is 0. The number of ether oxygens (including phenoxy) is 1. The van der Waals surface area contributed by atoms with Crippen LogP contribution in [0, 0.1) is 0 Å². The third-order valence-corrected chi connectivity index (χ3v) is 3.95. The lowest BCUT2D eigenvalue weighted by atomic mass is 10.2. The average molecular weight is 266 g/mol. The standard InChI is InChI=1S/C11H23O5P/c1-9(2)15-17(12,16-10(3)4)14-8-11-6-5-7-13-11/h9-11H,5-8H2,1-4H3. The van der Waals surface area contributed by atoms with Crippen LogP contribution in [0.25, 0.3) is 0 Å². The average Bonchev–Trinajstić information content (AvgIpc) is 2.64. The fourth-order valence-corrected chi connectivity index (χ4v) is 3.11. The van der Waals surface area contributed by atoms with Gasteiger partial charge >= 0.3 is 7.82 Å². The lowest BCUT2D eigenvalue weighted by Gasteiger charge is -2.22. The van der Waals surface area contributed by atoms with Gasteiger partial charge in [0.1, 0.15) is 0 Å². The highest BCUT2D eigenvalue weighted by atomic mass is 31.2. The molecule has 1 heterocycles. The van der Waals surface area contributed by atoms with E-state index in [9.17, 15) is 4.57 Å². The molecule has 1 aliphatic rings. The first-order valence-corrected chi connectivity index (χ1v) is 7.60. The monoisotopic (exact) mass is 266 g/mol. The molecule has 1 saturated heterocycles. The van der Waals surface area contributed by atoms with Gasteiger partial charge in [-0.25, -0.2) is 4.57 Å². The smallest absolute Gasteiger partial charge is 0.376 e. The van der Waals surface area contributed by atoms with E-state index in [0.29, 0.717) is 0 Å². The molecule has 0 aromatic heterocycles. The maximum atomic E-state index is 12.3. The third kappa shape index (κ3) is 5.98. The molecule has 0 N–H and O–H groups in total. The highest BCUT2D eigenvalue weighted by molar-refractivity contribution is 7.48. The number of rotatable bonds is 7. The van der Waals surface area contributed by atoms with Gasteiger partial charge in [0.2, 0.25) is 0 Å². The van der Waals surface area contributed by atoms with Gasteiger partial charge in [-0.3, -0.25) is 13.6 Å². The molecular weight excluding hydrogens is 243 g/mol. The number of phosphoric ester groups is 1. The van der Waals surface area contributed by atoms with E-state index in [2.05, 4.69) is 0 Å². The topological polar surface area (TPSA) is 54.0 Å². The first-order valence-electron chi connectivity index (χ1n) is 6.14. The Kier molecular flexibility index (Phi) is 6.10. The molecule has 0 aliphatic carbocycles. The lowest BCUT2D eigenvalue weighted by Crippen LogP contribution is -2.17. The van der Waals surface area contributed by atoms with E-state index in [1.807, 2.05) is 0 Å². The first-order chi connectivity index (χ1) is 7.91. The minimum Gasteiger partial charge on any atom is -0.376 e. The summed E-state index contributed by atoms with van der Waals surface area (Å²) < 4.78 is 33.5. The normalized spacial score (nSPS) is 21.6. The minimum atomic E-state index is -3.46. The molecule has 0 saturated carbocycles. The van der Waals surface area contributed by atoms with Gasteiger partial charge in [0.15, 0.2) is 0 Å². The van der Waals surface area contributed by atoms with Crippen molar-refractivity contribution in [1.82, 2.24) is 0 Å². The summed E-state index contributed by atoms with van der Waals surface area (Å²) in [6, 6.07) is 0. The Labute approximate surface area is 103 Å². The van der Waals surface area contributed by atoms with Crippen molar-refractivity contribution >= 4 is 7.82 Å². The summed E-state index contributed by atoms with van der Waals surface area (Å²) in [5.41, 5.74) is 0. The number of phosphoric acid groups is 1. The summed E-state index contributed by atoms with van der Waals surface area (Å²) in [6.07, 6.45) is 1.56. The second-order valence-electron chi connectivity index (χ2n) is 4.69. The van der Waals surface area contributed by atoms with E-state index in [4.69, 9.17) is 18.3 Å². The zero-order chi connectivity index (χ0) is 12.9. The fraction of sp³-hybridized carbons (Fsp3) is 1.00. The Morgan fingerprint density at radius 3 is 2.24 bits per heavy atom. The highest BCUT2D eigenvalue weighted by Crippen LogP contribution is 2.51. The van der Waals surface area contributed by atoms with Crippen molar-refractivity contribution in [2.45, 2.75) is 58.8 Å². The van der Waals surface area contributed by atoms with Gasteiger partial charge in [0, 0.05) is 6.61 Å². The Balaban J connectivity index is 2.46. The van der Waals surface area contributed by atoms with E-state index < -0.39 is 7.82 Å². The van der Waals surface area contributed by atoms with Gasteiger partial charge in [0.25, 0.3) is 0 Å². The molecule has 1 atom stereocenters. The molecular formula is C11H23O5P. The first kappa shape index (κ1) is 15.1. The van der Waals surface area contributed by atoms with Gasteiger partial charge in [0.05, 0.1) is 24.9 Å². The Morgan fingerprint density at radius 1 is 1.24 bits per heavy atom. The van der Waals surface area contributed by atoms with Crippen molar-refractivity contribution in [1.29, 1.82) is 0 Å². The molecule has 0 aromatic carbocycles. The predicted octanol–water partition coefficient (Wildman–Crippen LogP) is 3.14. The summed E-state index contributed by atoms with van der Waals surface area (Å²) in [5, 5.41) is 0. The van der Waals surface area contributed by atoms with E-state index in [1.54, 1.807) is 27.7 Å². The molecule has 0 amide bonds. The van der Waals surface area contributed by atoms with Crippen molar-refractivity contribution in [3.05, 3.63) is 0 Å². The van der Waals surface area contributed by atoms with E-state index in [-0.39, 0.29) is 24.9 Å².